The summed E-state index contributed by atoms with van der Waals surface area (Å²) in [5.74, 6) is -4.29. The predicted octanol–water partition coefficient (Wildman–Crippen LogP) is 6.46. The number of fused-ring (bicyclic) bond motifs is 1. The Balaban J connectivity index is 1.92. The minimum absolute atomic E-state index is 0.128. The maximum atomic E-state index is 13.8. The van der Waals surface area contributed by atoms with E-state index in [1.807, 2.05) is 13.8 Å². The number of esters is 4. The fourth-order valence-corrected chi connectivity index (χ4v) is 6.63. The molecule has 2 aromatic rings. The maximum Gasteiger partial charge on any atom is 0.338 e. The van der Waals surface area contributed by atoms with Gasteiger partial charge in [0.15, 0.2) is 5.60 Å². The summed E-state index contributed by atoms with van der Waals surface area (Å²) in [5.41, 5.74) is -1.30. The molecular weight excluding hydrogens is 600 g/mol. The molecule has 0 saturated heterocycles. The van der Waals surface area contributed by atoms with Crippen molar-refractivity contribution >= 4 is 29.7 Å². The van der Waals surface area contributed by atoms with Crippen molar-refractivity contribution in [1.82, 2.24) is 0 Å². The third kappa shape index (κ3) is 8.07. The van der Waals surface area contributed by atoms with Crippen LogP contribution in [0.15, 0.2) is 84.5 Å². The van der Waals surface area contributed by atoms with E-state index in [0.717, 1.165) is 0 Å². The molecule has 2 aliphatic rings. The summed E-state index contributed by atoms with van der Waals surface area (Å²) in [6.07, 6.45) is 2.49. The number of rotatable bonds is 6. The molecule has 0 spiro atoms. The van der Waals surface area contributed by atoms with Gasteiger partial charge in [0.2, 0.25) is 0 Å². The maximum absolute atomic E-state index is 13.8. The zero-order chi connectivity index (χ0) is 34.5. The topological polar surface area (TPSA) is 122 Å². The van der Waals surface area contributed by atoms with E-state index < -0.39 is 65.0 Å². The summed E-state index contributed by atoms with van der Waals surface area (Å²) in [7, 11) is 0. The summed E-state index contributed by atoms with van der Waals surface area (Å²) in [5, 5.41) is 0. The lowest BCUT2D eigenvalue weighted by molar-refractivity contribution is -0.195. The molecule has 0 aliphatic heterocycles. The van der Waals surface area contributed by atoms with Gasteiger partial charge < -0.3 is 18.9 Å². The van der Waals surface area contributed by atoms with Crippen molar-refractivity contribution in [2.24, 2.45) is 23.2 Å². The minimum atomic E-state index is -1.48. The summed E-state index contributed by atoms with van der Waals surface area (Å²) in [6.45, 7) is 11.5. The van der Waals surface area contributed by atoms with Gasteiger partial charge >= 0.3 is 23.9 Å². The second kappa shape index (κ2) is 14.5. The highest BCUT2D eigenvalue weighted by Crippen LogP contribution is 2.51. The van der Waals surface area contributed by atoms with E-state index in [2.05, 4.69) is 0 Å². The number of benzene rings is 2. The molecule has 9 nitrogen and oxygen atoms in total. The van der Waals surface area contributed by atoms with Crippen LogP contribution in [0.3, 0.4) is 0 Å². The van der Waals surface area contributed by atoms with Gasteiger partial charge in [-0.05, 0) is 62.9 Å². The molecule has 2 aromatic carbocycles. The number of ketones is 1. The Hall–Kier alpha value is -4.53. The third-order valence-electron chi connectivity index (χ3n) is 9.07. The number of hydrogen-bond donors (Lipinski definition) is 0. The molecule has 0 radical (unpaired) electrons. The second-order valence-corrected chi connectivity index (χ2v) is 13.3. The van der Waals surface area contributed by atoms with Gasteiger partial charge in [-0.25, -0.2) is 9.59 Å². The first-order chi connectivity index (χ1) is 22.1. The van der Waals surface area contributed by atoms with Gasteiger partial charge in [0.25, 0.3) is 0 Å². The van der Waals surface area contributed by atoms with Crippen molar-refractivity contribution in [2.45, 2.75) is 85.2 Å². The van der Waals surface area contributed by atoms with Crippen molar-refractivity contribution < 1.29 is 42.9 Å². The average molecular weight is 645 g/mol. The van der Waals surface area contributed by atoms with E-state index in [1.54, 1.807) is 99.7 Å². The van der Waals surface area contributed by atoms with Gasteiger partial charge in [-0.3, -0.25) is 14.4 Å². The van der Waals surface area contributed by atoms with Gasteiger partial charge in [0.05, 0.1) is 17.0 Å². The number of carbonyl (C=O) groups is 5. The minimum Gasteiger partial charge on any atom is -0.458 e. The summed E-state index contributed by atoms with van der Waals surface area (Å²) in [4.78, 5) is 66.0. The van der Waals surface area contributed by atoms with Crippen LogP contribution in [0.2, 0.25) is 0 Å². The Morgan fingerprint density at radius 2 is 1.34 bits per heavy atom. The first-order valence-corrected chi connectivity index (χ1v) is 15.9. The molecule has 0 bridgehead atoms. The molecule has 0 amide bonds. The Morgan fingerprint density at radius 3 is 1.87 bits per heavy atom. The van der Waals surface area contributed by atoms with Gasteiger partial charge in [0, 0.05) is 31.6 Å². The normalized spacial score (nSPS) is 28.8. The fraction of sp³-hybridized carbons (Fsp3) is 0.447. The molecular formula is C38H44O9. The smallest absolute Gasteiger partial charge is 0.338 e. The summed E-state index contributed by atoms with van der Waals surface area (Å²) >= 11 is 0. The number of carbonyl (C=O) groups excluding carboxylic acids is 5. The van der Waals surface area contributed by atoms with Crippen LogP contribution in [0.5, 0.6) is 0 Å². The standard InChI is InChI=1S/C38H44O9/c1-23-18-19-37(6,7)32(41)21-31(45-35(42)28-14-10-8-11-15-28)24(2)20-30-33(46-36(43)29-16-12-9-13-17-29)25(3)22-38(30,47-27(5)40)34(23)44-26(4)39/h8-20,23,25,30-31,33-34H,21-22H2,1-7H3. The average Bonchev–Trinajstić information content (AvgIpc) is 3.27. The monoisotopic (exact) mass is 644 g/mol. The highest BCUT2D eigenvalue weighted by molar-refractivity contribution is 5.91. The molecule has 47 heavy (non-hydrogen) atoms. The highest BCUT2D eigenvalue weighted by Gasteiger charge is 2.62. The molecule has 4 rings (SSSR count). The van der Waals surface area contributed by atoms with Gasteiger partial charge in [-0.1, -0.05) is 68.5 Å². The molecule has 1 fully saturated rings. The van der Waals surface area contributed by atoms with E-state index in [9.17, 15) is 24.0 Å². The van der Waals surface area contributed by atoms with Crippen LogP contribution < -0.4 is 0 Å². The van der Waals surface area contributed by atoms with Crippen LogP contribution in [-0.4, -0.2) is 53.6 Å². The van der Waals surface area contributed by atoms with Crippen LogP contribution >= 0.6 is 0 Å². The third-order valence-corrected chi connectivity index (χ3v) is 9.07. The van der Waals surface area contributed by atoms with Crippen LogP contribution in [-0.2, 0) is 33.3 Å². The number of Topliss-reactive ketones (excluding diaryl/α,β-unsaturated/α-hetero) is 1. The lowest BCUT2D eigenvalue weighted by Crippen LogP contribution is -2.55. The molecule has 1 saturated carbocycles. The second-order valence-electron chi connectivity index (χ2n) is 13.3. The number of allylic oxidation sites excluding steroid dienone is 1. The lowest BCUT2D eigenvalue weighted by atomic mass is 9.75. The van der Waals surface area contributed by atoms with E-state index in [-0.39, 0.29) is 24.5 Å². The molecule has 0 heterocycles. The summed E-state index contributed by atoms with van der Waals surface area (Å²) < 4.78 is 24.4. The zero-order valence-electron chi connectivity index (χ0n) is 28.1. The van der Waals surface area contributed by atoms with Crippen molar-refractivity contribution in [3.63, 3.8) is 0 Å². The largest absolute Gasteiger partial charge is 0.458 e. The van der Waals surface area contributed by atoms with Crippen LogP contribution in [0.1, 0.15) is 82.0 Å². The van der Waals surface area contributed by atoms with Gasteiger partial charge in [0.1, 0.15) is 24.1 Å². The van der Waals surface area contributed by atoms with Crippen molar-refractivity contribution in [3.8, 4) is 0 Å². The van der Waals surface area contributed by atoms with Gasteiger partial charge in [-0.15, -0.1) is 0 Å². The molecule has 0 aromatic heterocycles. The first-order valence-electron chi connectivity index (χ1n) is 15.9. The molecule has 7 atom stereocenters. The van der Waals surface area contributed by atoms with E-state index >= 15 is 0 Å². The van der Waals surface area contributed by atoms with Crippen LogP contribution in [0, 0.1) is 23.2 Å². The fourth-order valence-electron chi connectivity index (χ4n) is 6.63. The molecule has 7 unspecified atom stereocenters. The van der Waals surface area contributed by atoms with Gasteiger partial charge in [-0.2, -0.15) is 0 Å². The molecule has 250 valence electrons. The lowest BCUT2D eigenvalue weighted by Gasteiger charge is -2.43. The summed E-state index contributed by atoms with van der Waals surface area (Å²) in [6, 6.07) is 17.0. The van der Waals surface area contributed by atoms with Crippen molar-refractivity contribution in [2.75, 3.05) is 0 Å². The number of ether oxygens (including phenoxy) is 4. The quantitative estimate of drug-likeness (QED) is 0.198. The predicted molar refractivity (Wildman–Crippen MR) is 174 cm³/mol. The zero-order valence-corrected chi connectivity index (χ0v) is 28.1. The number of hydrogen-bond acceptors (Lipinski definition) is 9. The highest BCUT2D eigenvalue weighted by atomic mass is 16.6. The first kappa shape index (κ1) is 35.3. The van der Waals surface area contributed by atoms with E-state index in [1.165, 1.54) is 13.8 Å². The SMILES string of the molecule is CC(=O)OC1C(C)C=CC(C)(C)C(=O)CC(OC(=O)c2ccccc2)C(C)=CC2C(OC(=O)c3ccccc3)C(C)CC21OC(C)=O. The van der Waals surface area contributed by atoms with E-state index in [0.29, 0.717) is 16.7 Å². The Morgan fingerprint density at radius 1 is 0.787 bits per heavy atom. The molecule has 2 aliphatic carbocycles. The van der Waals surface area contributed by atoms with E-state index in [4.69, 9.17) is 18.9 Å². The molecule has 0 N–H and O–H groups in total. The Labute approximate surface area is 276 Å². The Bertz CT molecular complexity index is 1540. The Kier molecular flexibility index (Phi) is 10.9. The molecule has 9 heteroatoms. The van der Waals surface area contributed by atoms with Crippen molar-refractivity contribution in [1.29, 1.82) is 0 Å². The van der Waals surface area contributed by atoms with Crippen LogP contribution in [0.4, 0.5) is 0 Å². The van der Waals surface area contributed by atoms with Crippen LogP contribution in [0.25, 0.3) is 0 Å². The van der Waals surface area contributed by atoms with Crippen molar-refractivity contribution in [3.05, 3.63) is 95.6 Å².